The van der Waals surface area contributed by atoms with Crippen LogP contribution in [0.25, 0.3) is 0 Å². The van der Waals surface area contributed by atoms with Gasteiger partial charge in [-0.3, -0.25) is 0 Å². The molecule has 0 aromatic carbocycles. The van der Waals surface area contributed by atoms with Gasteiger partial charge in [0.05, 0.1) is 0 Å². The maximum atomic E-state index is 10.5. The van der Waals surface area contributed by atoms with Crippen LogP contribution in [0.3, 0.4) is 0 Å². The van der Waals surface area contributed by atoms with Gasteiger partial charge in [-0.1, -0.05) is 107 Å². The van der Waals surface area contributed by atoms with Gasteiger partial charge in [-0.2, -0.15) is 0 Å². The molecule has 0 aromatic heterocycles. The van der Waals surface area contributed by atoms with Crippen molar-refractivity contribution in [3.05, 3.63) is 93.2 Å². The summed E-state index contributed by atoms with van der Waals surface area (Å²) in [6.45, 7) is 29.3. The quantitative estimate of drug-likeness (QED) is 0.0498. The first-order chi connectivity index (χ1) is 26.5. The zero-order chi connectivity index (χ0) is 43.6. The Hall–Kier alpha value is -3.40. The van der Waals surface area contributed by atoms with Crippen molar-refractivity contribution in [2.45, 2.75) is 200 Å². The molecule has 0 aliphatic heterocycles. The highest BCUT2D eigenvalue weighted by molar-refractivity contribution is 5.53. The van der Waals surface area contributed by atoms with E-state index in [1.165, 1.54) is 44.6 Å². The topological polar surface area (TPSA) is 68.3 Å². The number of aldehydes is 4. The van der Waals surface area contributed by atoms with E-state index in [-0.39, 0.29) is 11.8 Å². The molecule has 2 unspecified atom stereocenters. The fraction of sp³-hybridized carbons (Fsp3) is 0.615. The van der Waals surface area contributed by atoms with Crippen LogP contribution in [0.2, 0.25) is 0 Å². The van der Waals surface area contributed by atoms with Crippen LogP contribution in [0, 0.1) is 11.8 Å². The van der Waals surface area contributed by atoms with Crippen LogP contribution >= 0.6 is 0 Å². The molecule has 0 saturated heterocycles. The molecule has 0 rings (SSSR count). The molecule has 0 heterocycles. The molecular formula is C52H88O4. The summed E-state index contributed by atoms with van der Waals surface area (Å²) in [4.78, 5) is 41.1. The maximum Gasteiger partial charge on any atom is 0.123 e. The standard InChI is InChI=1S/4C13H22O/c1-11(2)6-5-7-12(3)8-9-13(4)10-14;1-12(2)8-7-10-13(3)9-5-4-6-11-14;1-5-13(9-12(4)10-14)8-6-7-11(2)3;1-4-13(9-5-6-11-14)10-7-8-12(2)3/h6,8,10,13H,5,7,9H2,1-4H3;8-9,11H,4-7,10H2,1-3H3;5,7,10,12H,6,8-9H2,1-4H3;4,8,11H,5-7,9-10H2,1-3H3/b12-8+;13-9+;13-5+;13-4-. The summed E-state index contributed by atoms with van der Waals surface area (Å²) >= 11 is 0. The zero-order valence-electron chi connectivity index (χ0n) is 39.0. The number of carbonyl (C=O) groups is 4. The molecule has 0 aliphatic carbocycles. The number of hydrogen-bond acceptors (Lipinski definition) is 4. The Morgan fingerprint density at radius 2 is 0.804 bits per heavy atom. The van der Waals surface area contributed by atoms with Gasteiger partial charge < -0.3 is 19.2 Å². The highest BCUT2D eigenvalue weighted by atomic mass is 16.1. The molecule has 0 fully saturated rings. The molecule has 0 saturated carbocycles. The van der Waals surface area contributed by atoms with Crippen molar-refractivity contribution in [3.8, 4) is 0 Å². The monoisotopic (exact) mass is 777 g/mol. The molecule has 0 aromatic rings. The minimum Gasteiger partial charge on any atom is -0.303 e. The Morgan fingerprint density at radius 3 is 1.20 bits per heavy atom. The third-order valence-corrected chi connectivity index (χ3v) is 8.76. The van der Waals surface area contributed by atoms with Crippen molar-refractivity contribution in [2.75, 3.05) is 0 Å². The van der Waals surface area contributed by atoms with E-state index in [2.05, 4.69) is 132 Å². The molecule has 0 aliphatic rings. The van der Waals surface area contributed by atoms with E-state index in [0.717, 1.165) is 115 Å². The first-order valence-electron chi connectivity index (χ1n) is 21.4. The molecule has 56 heavy (non-hydrogen) atoms. The molecule has 0 N–H and O–H groups in total. The number of carbonyl (C=O) groups excluding carboxylic acids is 4. The lowest BCUT2D eigenvalue weighted by atomic mass is 9.98. The van der Waals surface area contributed by atoms with Crippen molar-refractivity contribution >= 4 is 25.1 Å². The fourth-order valence-corrected chi connectivity index (χ4v) is 5.12. The van der Waals surface area contributed by atoms with E-state index in [9.17, 15) is 19.2 Å². The predicted octanol–water partition coefficient (Wildman–Crippen LogP) is 15.9. The van der Waals surface area contributed by atoms with E-state index in [1.54, 1.807) is 0 Å². The summed E-state index contributed by atoms with van der Waals surface area (Å²) in [6, 6.07) is 0. The fourth-order valence-electron chi connectivity index (χ4n) is 5.12. The lowest BCUT2D eigenvalue weighted by Gasteiger charge is -2.07. The first kappa shape index (κ1) is 59.3. The van der Waals surface area contributed by atoms with Gasteiger partial charge in [0.1, 0.15) is 25.1 Å². The van der Waals surface area contributed by atoms with Gasteiger partial charge in [-0.05, 0) is 173 Å². The van der Waals surface area contributed by atoms with Gasteiger partial charge in [0.15, 0.2) is 0 Å². The van der Waals surface area contributed by atoms with Gasteiger partial charge in [-0.15, -0.1) is 0 Å². The summed E-state index contributed by atoms with van der Waals surface area (Å²) in [7, 11) is 0. The molecule has 0 spiro atoms. The van der Waals surface area contributed by atoms with E-state index < -0.39 is 0 Å². The molecule has 4 nitrogen and oxygen atoms in total. The number of unbranched alkanes of at least 4 members (excludes halogenated alkanes) is 3. The maximum absolute atomic E-state index is 10.5. The Morgan fingerprint density at radius 1 is 0.411 bits per heavy atom. The van der Waals surface area contributed by atoms with Crippen LogP contribution in [-0.2, 0) is 19.2 Å². The SMILES string of the molecule is C/C=C(\CCC=C(C)C)CC(C)C=O.C/C=C(\CCC=C(C)C)CCCC=O.CC(C)=CCC/C(C)=C/CC(C)C=O.CC(C)=CCC/C(C)=C/CCCC=O. The Bertz CT molecular complexity index is 1250. The highest BCUT2D eigenvalue weighted by Gasteiger charge is 2.03. The minimum absolute atomic E-state index is 0.160. The molecule has 0 radical (unpaired) electrons. The second-order valence-corrected chi connectivity index (χ2v) is 16.1. The van der Waals surface area contributed by atoms with Crippen molar-refractivity contribution < 1.29 is 19.2 Å². The summed E-state index contributed by atoms with van der Waals surface area (Å²) in [5.74, 6) is 0.321. The summed E-state index contributed by atoms with van der Waals surface area (Å²) < 4.78 is 0. The summed E-state index contributed by atoms with van der Waals surface area (Å²) in [6.07, 6.45) is 38.0. The Labute approximate surface area is 347 Å². The largest absolute Gasteiger partial charge is 0.303 e. The molecule has 320 valence electrons. The van der Waals surface area contributed by atoms with Crippen LogP contribution in [0.4, 0.5) is 0 Å². The molecular weight excluding hydrogens is 689 g/mol. The predicted molar refractivity (Wildman–Crippen MR) is 249 cm³/mol. The lowest BCUT2D eigenvalue weighted by molar-refractivity contribution is -0.111. The summed E-state index contributed by atoms with van der Waals surface area (Å²) in [5.41, 5.74) is 11.2. The van der Waals surface area contributed by atoms with Gasteiger partial charge in [-0.25, -0.2) is 0 Å². The van der Waals surface area contributed by atoms with Crippen molar-refractivity contribution in [1.29, 1.82) is 0 Å². The van der Waals surface area contributed by atoms with Crippen molar-refractivity contribution in [2.24, 2.45) is 11.8 Å². The van der Waals surface area contributed by atoms with E-state index in [0.29, 0.717) is 12.8 Å². The van der Waals surface area contributed by atoms with Crippen LogP contribution < -0.4 is 0 Å². The highest BCUT2D eigenvalue weighted by Crippen LogP contribution is 2.17. The van der Waals surface area contributed by atoms with Crippen LogP contribution in [-0.4, -0.2) is 25.1 Å². The zero-order valence-corrected chi connectivity index (χ0v) is 39.0. The molecule has 0 bridgehead atoms. The third kappa shape index (κ3) is 52.7. The first-order valence-corrected chi connectivity index (χ1v) is 21.4. The summed E-state index contributed by atoms with van der Waals surface area (Å²) in [5, 5.41) is 0. The van der Waals surface area contributed by atoms with Crippen molar-refractivity contribution in [3.63, 3.8) is 0 Å². The number of hydrogen-bond donors (Lipinski definition) is 0. The minimum atomic E-state index is 0.160. The average Bonchev–Trinajstić information content (AvgIpc) is 3.14. The third-order valence-electron chi connectivity index (χ3n) is 8.76. The average molecular weight is 777 g/mol. The second kappa shape index (κ2) is 44.3. The van der Waals surface area contributed by atoms with Crippen LogP contribution in [0.15, 0.2) is 93.2 Å². The van der Waals surface area contributed by atoms with Gasteiger partial charge >= 0.3 is 0 Å². The van der Waals surface area contributed by atoms with Crippen LogP contribution in [0.5, 0.6) is 0 Å². The van der Waals surface area contributed by atoms with E-state index in [1.807, 2.05) is 13.8 Å². The molecule has 2 atom stereocenters. The van der Waals surface area contributed by atoms with E-state index in [4.69, 9.17) is 0 Å². The molecule has 4 heteroatoms. The number of rotatable bonds is 26. The van der Waals surface area contributed by atoms with Gasteiger partial charge in [0, 0.05) is 24.7 Å². The van der Waals surface area contributed by atoms with Gasteiger partial charge in [0.2, 0.25) is 0 Å². The Kier molecular flexibility index (Phi) is 46.9. The lowest BCUT2D eigenvalue weighted by Crippen LogP contribution is -1.97. The van der Waals surface area contributed by atoms with Gasteiger partial charge in [0.25, 0.3) is 0 Å². The molecule has 0 amide bonds. The van der Waals surface area contributed by atoms with Crippen molar-refractivity contribution in [1.82, 2.24) is 0 Å². The van der Waals surface area contributed by atoms with Crippen LogP contribution in [0.1, 0.15) is 200 Å². The smallest absolute Gasteiger partial charge is 0.123 e. The number of allylic oxidation sites excluding steroid dienone is 16. The van der Waals surface area contributed by atoms with E-state index >= 15 is 0 Å². The Balaban J connectivity index is -0.000000322. The normalized spacial score (nSPS) is 12.4. The second-order valence-electron chi connectivity index (χ2n) is 16.1.